The Morgan fingerprint density at radius 2 is 1.87 bits per heavy atom. The predicted octanol–water partition coefficient (Wildman–Crippen LogP) is 0.500. The number of esters is 2. The van der Waals surface area contributed by atoms with Crippen LogP contribution in [-0.2, 0) is 19.1 Å². The first-order valence-corrected chi connectivity index (χ1v) is 4.70. The molecule has 0 rings (SSSR count). The molecule has 0 bridgehead atoms. The number of hydrogen-bond donors (Lipinski definition) is 1. The maximum Gasteiger partial charge on any atom is 0.311 e. The Morgan fingerprint density at radius 1 is 1.33 bits per heavy atom. The van der Waals surface area contributed by atoms with Crippen LogP contribution in [-0.4, -0.2) is 36.4 Å². The van der Waals surface area contributed by atoms with Crippen LogP contribution in [0.2, 0.25) is 0 Å². The first-order valence-electron chi connectivity index (χ1n) is 4.70. The summed E-state index contributed by atoms with van der Waals surface area (Å²) in [5.74, 6) is -1.97. The van der Waals surface area contributed by atoms with Gasteiger partial charge in [-0.15, -0.1) is 0 Å². The molecule has 0 aliphatic rings. The monoisotopic (exact) mass is 218 g/mol. The highest BCUT2D eigenvalue weighted by atomic mass is 16.6. The SMILES string of the molecule is COC(=O)[C@H](CO)CC(=O)OC(C)(C)C. The minimum atomic E-state index is -0.843. The van der Waals surface area contributed by atoms with Crippen molar-refractivity contribution in [1.82, 2.24) is 0 Å². The first-order chi connectivity index (χ1) is 6.80. The van der Waals surface area contributed by atoms with Crippen molar-refractivity contribution in [1.29, 1.82) is 0 Å². The molecule has 0 aliphatic carbocycles. The molecule has 0 aromatic rings. The quantitative estimate of drug-likeness (QED) is 0.695. The molecule has 15 heavy (non-hydrogen) atoms. The summed E-state index contributed by atoms with van der Waals surface area (Å²) in [5.41, 5.74) is -0.590. The molecule has 0 aromatic carbocycles. The minimum absolute atomic E-state index is 0.166. The number of ether oxygens (including phenoxy) is 2. The van der Waals surface area contributed by atoms with Crippen LogP contribution in [0.3, 0.4) is 0 Å². The predicted molar refractivity (Wildman–Crippen MR) is 53.1 cm³/mol. The number of aliphatic hydroxyl groups is 1. The molecule has 5 nitrogen and oxygen atoms in total. The van der Waals surface area contributed by atoms with Gasteiger partial charge in [-0.3, -0.25) is 9.59 Å². The molecule has 88 valence electrons. The molecular weight excluding hydrogens is 200 g/mol. The average molecular weight is 218 g/mol. The lowest BCUT2D eigenvalue weighted by molar-refractivity contribution is -0.161. The van der Waals surface area contributed by atoms with Crippen molar-refractivity contribution in [3.05, 3.63) is 0 Å². The van der Waals surface area contributed by atoms with E-state index in [9.17, 15) is 9.59 Å². The molecular formula is C10H18O5. The lowest BCUT2D eigenvalue weighted by Crippen LogP contribution is -2.29. The second kappa shape index (κ2) is 5.70. The highest BCUT2D eigenvalue weighted by molar-refractivity contribution is 5.80. The fourth-order valence-corrected chi connectivity index (χ4v) is 0.973. The normalized spacial score (nSPS) is 13.1. The molecule has 0 fully saturated rings. The molecule has 0 heterocycles. The van der Waals surface area contributed by atoms with Gasteiger partial charge in [-0.2, -0.15) is 0 Å². The number of methoxy groups -OCH3 is 1. The molecule has 0 aliphatic heterocycles. The Balaban J connectivity index is 4.20. The third-order valence-corrected chi connectivity index (χ3v) is 1.59. The molecule has 0 saturated heterocycles. The van der Waals surface area contributed by atoms with Gasteiger partial charge >= 0.3 is 11.9 Å². The van der Waals surface area contributed by atoms with Gasteiger partial charge in [0.25, 0.3) is 0 Å². The highest BCUT2D eigenvalue weighted by Gasteiger charge is 2.25. The van der Waals surface area contributed by atoms with Crippen LogP contribution >= 0.6 is 0 Å². The summed E-state index contributed by atoms with van der Waals surface area (Å²) in [6, 6.07) is 0. The molecule has 0 aromatic heterocycles. The van der Waals surface area contributed by atoms with Gasteiger partial charge in [-0.1, -0.05) is 0 Å². The van der Waals surface area contributed by atoms with Crippen molar-refractivity contribution in [2.75, 3.05) is 13.7 Å². The van der Waals surface area contributed by atoms with Crippen LogP contribution in [0, 0.1) is 5.92 Å². The summed E-state index contributed by atoms with van der Waals surface area (Å²) >= 11 is 0. The molecule has 0 spiro atoms. The second-order valence-electron chi connectivity index (χ2n) is 4.19. The zero-order valence-electron chi connectivity index (χ0n) is 9.57. The first kappa shape index (κ1) is 13.9. The second-order valence-corrected chi connectivity index (χ2v) is 4.19. The van der Waals surface area contributed by atoms with Crippen LogP contribution in [0.25, 0.3) is 0 Å². The van der Waals surface area contributed by atoms with E-state index < -0.39 is 30.1 Å². The fourth-order valence-electron chi connectivity index (χ4n) is 0.973. The van der Waals surface area contributed by atoms with Gasteiger partial charge in [0.15, 0.2) is 0 Å². The Labute approximate surface area is 89.4 Å². The van der Waals surface area contributed by atoms with E-state index >= 15 is 0 Å². The number of aliphatic hydroxyl groups excluding tert-OH is 1. The summed E-state index contributed by atoms with van der Waals surface area (Å²) in [7, 11) is 1.21. The van der Waals surface area contributed by atoms with E-state index in [4.69, 9.17) is 9.84 Å². The smallest absolute Gasteiger partial charge is 0.311 e. The van der Waals surface area contributed by atoms with Crippen molar-refractivity contribution in [3.63, 3.8) is 0 Å². The van der Waals surface area contributed by atoms with Crippen molar-refractivity contribution < 1.29 is 24.2 Å². The molecule has 0 amide bonds. The van der Waals surface area contributed by atoms with E-state index in [1.807, 2.05) is 0 Å². The van der Waals surface area contributed by atoms with E-state index in [-0.39, 0.29) is 6.42 Å². The number of carbonyl (C=O) groups excluding carboxylic acids is 2. The zero-order valence-corrected chi connectivity index (χ0v) is 9.57. The van der Waals surface area contributed by atoms with Gasteiger partial charge in [0.05, 0.1) is 26.1 Å². The van der Waals surface area contributed by atoms with E-state index in [0.717, 1.165) is 0 Å². The Morgan fingerprint density at radius 3 is 2.20 bits per heavy atom. The molecule has 0 unspecified atom stereocenters. The summed E-state index contributed by atoms with van der Waals surface area (Å²) < 4.78 is 9.43. The van der Waals surface area contributed by atoms with E-state index in [2.05, 4.69) is 4.74 Å². The summed E-state index contributed by atoms with van der Waals surface area (Å²) in [4.78, 5) is 22.4. The van der Waals surface area contributed by atoms with Crippen molar-refractivity contribution in [2.45, 2.75) is 32.8 Å². The lowest BCUT2D eigenvalue weighted by Gasteiger charge is -2.20. The summed E-state index contributed by atoms with van der Waals surface area (Å²) in [6.45, 7) is 4.77. The van der Waals surface area contributed by atoms with Gasteiger partial charge in [0.1, 0.15) is 5.60 Å². The number of carbonyl (C=O) groups is 2. The van der Waals surface area contributed by atoms with Crippen LogP contribution in [0.4, 0.5) is 0 Å². The Hall–Kier alpha value is -1.10. The van der Waals surface area contributed by atoms with Gasteiger partial charge in [0.2, 0.25) is 0 Å². The summed E-state index contributed by atoms with van der Waals surface area (Å²) in [6.07, 6.45) is -0.166. The lowest BCUT2D eigenvalue weighted by atomic mass is 10.1. The van der Waals surface area contributed by atoms with Gasteiger partial charge in [0, 0.05) is 0 Å². The van der Waals surface area contributed by atoms with E-state index in [1.165, 1.54) is 7.11 Å². The van der Waals surface area contributed by atoms with Crippen molar-refractivity contribution >= 4 is 11.9 Å². The highest BCUT2D eigenvalue weighted by Crippen LogP contribution is 2.12. The van der Waals surface area contributed by atoms with Crippen molar-refractivity contribution in [3.8, 4) is 0 Å². The Kier molecular flexibility index (Phi) is 5.28. The number of hydrogen-bond acceptors (Lipinski definition) is 5. The van der Waals surface area contributed by atoms with Gasteiger partial charge < -0.3 is 14.6 Å². The number of rotatable bonds is 4. The van der Waals surface area contributed by atoms with Gasteiger partial charge in [-0.05, 0) is 20.8 Å². The zero-order chi connectivity index (χ0) is 12.1. The van der Waals surface area contributed by atoms with Crippen LogP contribution in [0.15, 0.2) is 0 Å². The molecule has 1 N–H and O–H groups in total. The maximum absolute atomic E-state index is 11.3. The van der Waals surface area contributed by atoms with Gasteiger partial charge in [-0.25, -0.2) is 0 Å². The van der Waals surface area contributed by atoms with E-state index in [0.29, 0.717) is 0 Å². The third kappa shape index (κ3) is 6.06. The molecule has 0 saturated carbocycles. The van der Waals surface area contributed by atoms with Crippen LogP contribution in [0.1, 0.15) is 27.2 Å². The van der Waals surface area contributed by atoms with Crippen molar-refractivity contribution in [2.24, 2.45) is 5.92 Å². The van der Waals surface area contributed by atoms with E-state index in [1.54, 1.807) is 20.8 Å². The van der Waals surface area contributed by atoms with Crippen LogP contribution in [0.5, 0.6) is 0 Å². The largest absolute Gasteiger partial charge is 0.469 e. The topological polar surface area (TPSA) is 72.8 Å². The third-order valence-electron chi connectivity index (χ3n) is 1.59. The fraction of sp³-hybridized carbons (Fsp3) is 0.800. The minimum Gasteiger partial charge on any atom is -0.469 e. The van der Waals surface area contributed by atoms with Crippen LogP contribution < -0.4 is 0 Å². The molecule has 0 radical (unpaired) electrons. The molecule has 5 heteroatoms. The summed E-state index contributed by atoms with van der Waals surface area (Å²) in [5, 5.41) is 8.87. The Bertz CT molecular complexity index is 228. The standard InChI is InChI=1S/C10H18O5/c1-10(2,3)15-8(12)5-7(6-11)9(13)14-4/h7,11H,5-6H2,1-4H3/t7-/m0/s1. The maximum atomic E-state index is 11.3. The molecule has 1 atom stereocenters. The average Bonchev–Trinajstić information content (AvgIpc) is 2.10.